The molecule has 1 heterocycles. The van der Waals surface area contributed by atoms with E-state index in [2.05, 4.69) is 34.4 Å². The van der Waals surface area contributed by atoms with Gasteiger partial charge in [0, 0.05) is 20.1 Å². The quantitative estimate of drug-likeness (QED) is 0.266. The van der Waals surface area contributed by atoms with Crippen LogP contribution >= 0.6 is 24.0 Å². The maximum Gasteiger partial charge on any atom is 0.190 e. The molecule has 0 radical (unpaired) electrons. The van der Waals surface area contributed by atoms with Gasteiger partial charge in [0.2, 0.25) is 0 Å². The van der Waals surface area contributed by atoms with Gasteiger partial charge in [-0.05, 0) is 64.1 Å². The Morgan fingerprint density at radius 2 is 1.67 bits per heavy atom. The summed E-state index contributed by atoms with van der Waals surface area (Å²) in [4.78, 5) is 6.85. The van der Waals surface area contributed by atoms with Crippen LogP contribution in [0.25, 0.3) is 0 Å². The lowest BCUT2D eigenvalue weighted by molar-refractivity contribution is 0.330. The van der Waals surface area contributed by atoms with Crippen LogP contribution in [0.5, 0.6) is 0 Å². The van der Waals surface area contributed by atoms with Crippen molar-refractivity contribution in [3.05, 3.63) is 0 Å². The van der Waals surface area contributed by atoms with Crippen LogP contribution in [-0.2, 0) is 0 Å². The molecule has 0 bridgehead atoms. The number of nitrogens with one attached hydrogen (secondary N) is 2. The van der Waals surface area contributed by atoms with Gasteiger partial charge in [-0.25, -0.2) is 0 Å². The first kappa shape index (κ1) is 21.0. The molecule has 0 unspecified atom stereocenters. The van der Waals surface area contributed by atoms with E-state index in [4.69, 9.17) is 0 Å². The van der Waals surface area contributed by atoms with Gasteiger partial charge in [-0.3, -0.25) is 4.99 Å². The number of likely N-dealkylation sites (tertiary alicyclic amines) is 1. The number of aliphatic imine (C=N–C) groups is 1. The van der Waals surface area contributed by atoms with Gasteiger partial charge in [-0.1, -0.05) is 13.8 Å². The second-order valence-electron chi connectivity index (χ2n) is 6.22. The van der Waals surface area contributed by atoms with E-state index < -0.39 is 0 Å². The Balaban J connectivity index is 0.00000400. The maximum absolute atomic E-state index is 4.26. The number of guanidine groups is 1. The van der Waals surface area contributed by atoms with E-state index in [-0.39, 0.29) is 24.0 Å². The van der Waals surface area contributed by atoms with Gasteiger partial charge in [0.05, 0.1) is 0 Å². The lowest BCUT2D eigenvalue weighted by Crippen LogP contribution is -2.38. The summed E-state index contributed by atoms with van der Waals surface area (Å²) in [6.07, 6.45) is 7.80. The Bertz CT molecular complexity index is 263. The monoisotopic (exact) mass is 410 g/mol. The number of hydrogen-bond donors (Lipinski definition) is 2. The lowest BCUT2D eigenvalue weighted by Gasteiger charge is -2.15. The van der Waals surface area contributed by atoms with E-state index in [9.17, 15) is 0 Å². The molecule has 0 saturated carbocycles. The van der Waals surface area contributed by atoms with Crippen molar-refractivity contribution in [3.63, 3.8) is 0 Å². The second kappa shape index (κ2) is 13.6. The van der Waals surface area contributed by atoms with E-state index in [1.807, 2.05) is 7.05 Å². The second-order valence-corrected chi connectivity index (χ2v) is 6.22. The Labute approximate surface area is 148 Å². The molecule has 0 atom stereocenters. The third kappa shape index (κ3) is 11.2. The van der Waals surface area contributed by atoms with Crippen molar-refractivity contribution >= 4 is 29.9 Å². The predicted molar refractivity (Wildman–Crippen MR) is 104 cm³/mol. The predicted octanol–water partition coefficient (Wildman–Crippen LogP) is 3.08. The van der Waals surface area contributed by atoms with Crippen LogP contribution in [0.2, 0.25) is 0 Å². The minimum atomic E-state index is 0. The molecule has 1 fully saturated rings. The summed E-state index contributed by atoms with van der Waals surface area (Å²) in [5.41, 5.74) is 0. The molecule has 0 aromatic rings. The smallest absolute Gasteiger partial charge is 0.190 e. The molecule has 21 heavy (non-hydrogen) atoms. The third-order valence-corrected chi connectivity index (χ3v) is 3.87. The number of unbranched alkanes of at least 4 members (excludes halogenated alkanes) is 1. The molecule has 0 aliphatic carbocycles. The van der Waals surface area contributed by atoms with Crippen LogP contribution in [0.4, 0.5) is 0 Å². The van der Waals surface area contributed by atoms with Gasteiger partial charge < -0.3 is 15.5 Å². The third-order valence-electron chi connectivity index (χ3n) is 3.87. The first-order valence-electron chi connectivity index (χ1n) is 8.39. The zero-order chi connectivity index (χ0) is 14.6. The molecule has 1 saturated heterocycles. The normalized spacial score (nSPS) is 16.1. The molecule has 126 valence electrons. The van der Waals surface area contributed by atoms with Crippen molar-refractivity contribution < 1.29 is 0 Å². The molecule has 1 aliphatic heterocycles. The van der Waals surface area contributed by atoms with Crippen molar-refractivity contribution in [1.29, 1.82) is 0 Å². The van der Waals surface area contributed by atoms with Gasteiger partial charge in [0.15, 0.2) is 5.96 Å². The first-order valence-corrected chi connectivity index (χ1v) is 8.39. The summed E-state index contributed by atoms with van der Waals surface area (Å²) < 4.78 is 0. The molecular formula is C16H35IN4. The van der Waals surface area contributed by atoms with Crippen LogP contribution in [0.1, 0.15) is 52.4 Å². The van der Waals surface area contributed by atoms with Crippen molar-refractivity contribution in [2.75, 3.05) is 39.8 Å². The van der Waals surface area contributed by atoms with Crippen LogP contribution in [0.15, 0.2) is 4.99 Å². The van der Waals surface area contributed by atoms with E-state index in [0.29, 0.717) is 0 Å². The topological polar surface area (TPSA) is 39.7 Å². The minimum Gasteiger partial charge on any atom is -0.356 e. The molecule has 5 heteroatoms. The average molecular weight is 410 g/mol. The standard InChI is InChI=1S/C16H34N4.HI/c1-15(2)9-8-11-19-16(17-3)18-10-4-5-12-20-13-6-7-14-20;/h15H,4-14H2,1-3H3,(H2,17,18,19);1H. The van der Waals surface area contributed by atoms with Crippen LogP contribution < -0.4 is 10.6 Å². The Hall–Kier alpha value is -0.0400. The van der Waals surface area contributed by atoms with Crippen molar-refractivity contribution in [2.45, 2.75) is 52.4 Å². The molecule has 1 aliphatic rings. The van der Waals surface area contributed by atoms with Crippen molar-refractivity contribution in [1.82, 2.24) is 15.5 Å². The SMILES string of the molecule is CN=C(NCCCCN1CCCC1)NCCCC(C)C.I. The molecule has 0 spiro atoms. The number of hydrogen-bond acceptors (Lipinski definition) is 2. The summed E-state index contributed by atoms with van der Waals surface area (Å²) in [6, 6.07) is 0. The Morgan fingerprint density at radius 1 is 1.05 bits per heavy atom. The van der Waals surface area contributed by atoms with Gasteiger partial charge in [0.25, 0.3) is 0 Å². The molecular weight excluding hydrogens is 375 g/mol. The lowest BCUT2D eigenvalue weighted by atomic mass is 10.1. The molecule has 0 amide bonds. The van der Waals surface area contributed by atoms with Crippen LogP contribution in [-0.4, -0.2) is 50.6 Å². The van der Waals surface area contributed by atoms with Crippen LogP contribution in [0.3, 0.4) is 0 Å². The van der Waals surface area contributed by atoms with Crippen molar-refractivity contribution in [3.8, 4) is 0 Å². The summed E-state index contributed by atoms with van der Waals surface area (Å²) in [6.45, 7) is 10.5. The van der Waals surface area contributed by atoms with Gasteiger partial charge in [-0.15, -0.1) is 24.0 Å². The highest BCUT2D eigenvalue weighted by Gasteiger charge is 2.09. The maximum atomic E-state index is 4.26. The highest BCUT2D eigenvalue weighted by Crippen LogP contribution is 2.07. The summed E-state index contributed by atoms with van der Waals surface area (Å²) in [5, 5.41) is 6.79. The van der Waals surface area contributed by atoms with E-state index in [0.717, 1.165) is 25.0 Å². The molecule has 2 N–H and O–H groups in total. The average Bonchev–Trinajstić information content (AvgIpc) is 2.93. The number of halogens is 1. The largest absolute Gasteiger partial charge is 0.356 e. The first-order chi connectivity index (χ1) is 9.72. The fraction of sp³-hybridized carbons (Fsp3) is 0.938. The molecule has 0 aromatic heterocycles. The van der Waals surface area contributed by atoms with E-state index in [1.54, 1.807) is 0 Å². The van der Waals surface area contributed by atoms with Gasteiger partial charge >= 0.3 is 0 Å². The van der Waals surface area contributed by atoms with E-state index in [1.165, 1.54) is 58.2 Å². The van der Waals surface area contributed by atoms with Crippen LogP contribution in [0, 0.1) is 5.92 Å². The van der Waals surface area contributed by atoms with Crippen molar-refractivity contribution in [2.24, 2.45) is 10.9 Å². The number of rotatable bonds is 9. The molecule has 4 nitrogen and oxygen atoms in total. The van der Waals surface area contributed by atoms with E-state index >= 15 is 0 Å². The molecule has 0 aromatic carbocycles. The summed E-state index contributed by atoms with van der Waals surface area (Å²) >= 11 is 0. The zero-order valence-corrected chi connectivity index (χ0v) is 16.5. The Morgan fingerprint density at radius 3 is 2.24 bits per heavy atom. The summed E-state index contributed by atoms with van der Waals surface area (Å²) in [5.74, 6) is 1.74. The highest BCUT2D eigenvalue weighted by atomic mass is 127. The molecule has 1 rings (SSSR count). The highest BCUT2D eigenvalue weighted by molar-refractivity contribution is 14.0. The summed E-state index contributed by atoms with van der Waals surface area (Å²) in [7, 11) is 1.85. The fourth-order valence-corrected chi connectivity index (χ4v) is 2.61. The van der Waals surface area contributed by atoms with Gasteiger partial charge in [0.1, 0.15) is 0 Å². The fourth-order valence-electron chi connectivity index (χ4n) is 2.61. The van der Waals surface area contributed by atoms with Gasteiger partial charge in [-0.2, -0.15) is 0 Å². The zero-order valence-electron chi connectivity index (χ0n) is 14.2. The Kier molecular flexibility index (Phi) is 13.6. The minimum absolute atomic E-state index is 0. The number of nitrogens with zero attached hydrogens (tertiary/aromatic N) is 2.